The van der Waals surface area contributed by atoms with Gasteiger partial charge < -0.3 is 18.0 Å². The Morgan fingerprint density at radius 3 is 1.54 bits per heavy atom. The monoisotopic (exact) mass is 664 g/mol. The summed E-state index contributed by atoms with van der Waals surface area (Å²) in [4.78, 5) is 0. The Morgan fingerprint density at radius 1 is 0.308 bits per heavy atom. The van der Waals surface area contributed by atoms with Crippen molar-refractivity contribution in [3.63, 3.8) is 0 Å². The summed E-state index contributed by atoms with van der Waals surface area (Å²) in [7, 11) is 0. The van der Waals surface area contributed by atoms with Gasteiger partial charge in [0, 0.05) is 60.0 Å². The van der Waals surface area contributed by atoms with E-state index in [1.54, 1.807) is 0 Å². The Labute approximate surface area is 296 Å². The van der Waals surface area contributed by atoms with Crippen LogP contribution in [-0.2, 0) is 0 Å². The molecule has 242 valence electrons. The standard InChI is InChI=1S/C48H28N2O2/c1-5-18-40-31(11-1)32-12-2-6-19-41(32)49(40)29-23-25-43-38(27-29)33-13-3-7-20-42(33)50(43)30-24-26-45-39(28-30)36-17-9-16-35(48(36)52-45)34-15-10-22-46-47(34)37-14-4-8-21-44(37)51-46/h1-28H. The van der Waals surface area contributed by atoms with E-state index in [1.165, 1.54) is 38.1 Å². The van der Waals surface area contributed by atoms with Crippen LogP contribution in [-0.4, -0.2) is 9.13 Å². The van der Waals surface area contributed by atoms with E-state index in [-0.39, 0.29) is 0 Å². The zero-order valence-electron chi connectivity index (χ0n) is 27.9. The van der Waals surface area contributed by atoms with E-state index in [4.69, 9.17) is 8.83 Å². The van der Waals surface area contributed by atoms with Crippen molar-refractivity contribution in [1.29, 1.82) is 0 Å². The fraction of sp³-hybridized carbons (Fsp3) is 0. The first-order valence-electron chi connectivity index (χ1n) is 17.7. The number of benzene rings is 8. The second-order valence-corrected chi connectivity index (χ2v) is 13.7. The van der Waals surface area contributed by atoms with Crippen molar-refractivity contribution in [3.05, 3.63) is 170 Å². The summed E-state index contributed by atoms with van der Waals surface area (Å²) in [5.41, 5.74) is 12.7. The predicted octanol–water partition coefficient (Wildman–Crippen LogP) is 13.3. The normalized spacial score (nSPS) is 12.2. The molecule has 0 unspecified atom stereocenters. The zero-order chi connectivity index (χ0) is 33.9. The van der Waals surface area contributed by atoms with E-state index < -0.39 is 0 Å². The molecular formula is C48H28N2O2. The highest BCUT2D eigenvalue weighted by Crippen LogP contribution is 2.43. The molecule has 0 bridgehead atoms. The van der Waals surface area contributed by atoms with Gasteiger partial charge in [-0.1, -0.05) is 103 Å². The highest BCUT2D eigenvalue weighted by Gasteiger charge is 2.20. The molecule has 0 N–H and O–H groups in total. The van der Waals surface area contributed by atoms with Gasteiger partial charge in [0.2, 0.25) is 0 Å². The van der Waals surface area contributed by atoms with E-state index in [0.29, 0.717) is 0 Å². The highest BCUT2D eigenvalue weighted by molar-refractivity contribution is 6.18. The summed E-state index contributed by atoms with van der Waals surface area (Å²) in [5.74, 6) is 0. The average molecular weight is 665 g/mol. The molecule has 4 heteroatoms. The molecule has 0 aliphatic heterocycles. The van der Waals surface area contributed by atoms with E-state index in [1.807, 2.05) is 18.2 Å². The van der Waals surface area contributed by atoms with Crippen LogP contribution in [0.3, 0.4) is 0 Å². The molecule has 12 aromatic rings. The lowest BCUT2D eigenvalue weighted by molar-refractivity contribution is 0.668. The van der Waals surface area contributed by atoms with Crippen molar-refractivity contribution >= 4 is 87.5 Å². The van der Waals surface area contributed by atoms with Crippen LogP contribution < -0.4 is 0 Å². The molecule has 0 atom stereocenters. The lowest BCUT2D eigenvalue weighted by Crippen LogP contribution is -1.95. The molecule has 4 heterocycles. The second-order valence-electron chi connectivity index (χ2n) is 13.7. The molecule has 0 spiro atoms. The second kappa shape index (κ2) is 10.3. The molecule has 0 saturated carbocycles. The summed E-state index contributed by atoms with van der Waals surface area (Å²) in [6.07, 6.45) is 0. The first kappa shape index (κ1) is 27.7. The minimum Gasteiger partial charge on any atom is -0.456 e. The first-order chi connectivity index (χ1) is 25.8. The Bertz CT molecular complexity index is 3370. The smallest absolute Gasteiger partial charge is 0.143 e. The topological polar surface area (TPSA) is 36.1 Å². The molecule has 52 heavy (non-hydrogen) atoms. The Hall–Kier alpha value is -7.04. The summed E-state index contributed by atoms with van der Waals surface area (Å²) < 4.78 is 17.7. The zero-order valence-corrected chi connectivity index (χ0v) is 27.9. The summed E-state index contributed by atoms with van der Waals surface area (Å²) in [5, 5.41) is 9.36. The van der Waals surface area contributed by atoms with Crippen molar-refractivity contribution in [2.24, 2.45) is 0 Å². The van der Waals surface area contributed by atoms with Crippen LogP contribution in [0.5, 0.6) is 0 Å². The minimum atomic E-state index is 0.866. The fourth-order valence-electron chi connectivity index (χ4n) is 8.72. The van der Waals surface area contributed by atoms with Gasteiger partial charge >= 0.3 is 0 Å². The van der Waals surface area contributed by atoms with Gasteiger partial charge in [0.15, 0.2) is 0 Å². The van der Waals surface area contributed by atoms with Gasteiger partial charge in [0.25, 0.3) is 0 Å². The predicted molar refractivity (Wildman–Crippen MR) is 215 cm³/mol. The van der Waals surface area contributed by atoms with Crippen molar-refractivity contribution in [3.8, 4) is 22.5 Å². The van der Waals surface area contributed by atoms with Crippen LogP contribution in [0.2, 0.25) is 0 Å². The van der Waals surface area contributed by atoms with Crippen molar-refractivity contribution in [2.75, 3.05) is 0 Å². The molecule has 0 fully saturated rings. The van der Waals surface area contributed by atoms with E-state index >= 15 is 0 Å². The number of hydrogen-bond acceptors (Lipinski definition) is 2. The molecule has 0 amide bonds. The molecule has 4 aromatic heterocycles. The summed E-state index contributed by atoms with van der Waals surface area (Å²) >= 11 is 0. The number of rotatable bonds is 3. The maximum atomic E-state index is 6.71. The first-order valence-corrected chi connectivity index (χ1v) is 17.7. The minimum absolute atomic E-state index is 0.866. The van der Waals surface area contributed by atoms with Gasteiger partial charge in [-0.3, -0.25) is 0 Å². The van der Waals surface area contributed by atoms with Crippen molar-refractivity contribution in [2.45, 2.75) is 0 Å². The summed E-state index contributed by atoms with van der Waals surface area (Å²) in [6, 6.07) is 60.6. The number of aromatic nitrogens is 2. The van der Waals surface area contributed by atoms with Crippen LogP contribution >= 0.6 is 0 Å². The van der Waals surface area contributed by atoms with Gasteiger partial charge in [-0.15, -0.1) is 0 Å². The Kier molecular flexibility index (Phi) is 5.47. The van der Waals surface area contributed by atoms with Gasteiger partial charge in [-0.25, -0.2) is 0 Å². The third kappa shape index (κ3) is 3.70. The van der Waals surface area contributed by atoms with Gasteiger partial charge in [-0.2, -0.15) is 0 Å². The van der Waals surface area contributed by atoms with E-state index in [0.717, 1.165) is 71.9 Å². The van der Waals surface area contributed by atoms with Crippen molar-refractivity contribution in [1.82, 2.24) is 9.13 Å². The molecule has 4 nitrogen and oxygen atoms in total. The van der Waals surface area contributed by atoms with Crippen LogP contribution in [0, 0.1) is 0 Å². The third-order valence-electron chi connectivity index (χ3n) is 10.9. The van der Waals surface area contributed by atoms with Crippen molar-refractivity contribution < 1.29 is 8.83 Å². The number of fused-ring (bicyclic) bond motifs is 12. The molecule has 0 saturated heterocycles. The SMILES string of the molecule is c1ccc2c(c1)oc1cccc(-c3cccc4c3oc3ccc(-n5c6ccccc6c6cc(-n7c8ccccc8c8ccccc87)ccc65)cc34)c12. The molecule has 0 aliphatic rings. The maximum Gasteiger partial charge on any atom is 0.143 e. The fourth-order valence-corrected chi connectivity index (χ4v) is 8.72. The highest BCUT2D eigenvalue weighted by atomic mass is 16.3. The van der Waals surface area contributed by atoms with Crippen LogP contribution in [0.15, 0.2) is 179 Å². The van der Waals surface area contributed by atoms with Crippen LogP contribution in [0.4, 0.5) is 0 Å². The number of hydrogen-bond donors (Lipinski definition) is 0. The molecule has 12 rings (SSSR count). The Morgan fingerprint density at radius 2 is 0.808 bits per heavy atom. The largest absolute Gasteiger partial charge is 0.456 e. The van der Waals surface area contributed by atoms with Gasteiger partial charge in [0.05, 0.1) is 22.1 Å². The quantitative estimate of drug-likeness (QED) is 0.188. The third-order valence-corrected chi connectivity index (χ3v) is 10.9. The van der Waals surface area contributed by atoms with Crippen LogP contribution in [0.25, 0.3) is 110 Å². The molecular weight excluding hydrogens is 637 g/mol. The summed E-state index contributed by atoms with van der Waals surface area (Å²) in [6.45, 7) is 0. The molecule has 0 aliphatic carbocycles. The molecule has 0 radical (unpaired) electrons. The Balaban J connectivity index is 1.07. The van der Waals surface area contributed by atoms with Gasteiger partial charge in [-0.05, 0) is 72.3 Å². The van der Waals surface area contributed by atoms with Crippen LogP contribution in [0.1, 0.15) is 0 Å². The van der Waals surface area contributed by atoms with Gasteiger partial charge in [0.1, 0.15) is 22.3 Å². The van der Waals surface area contributed by atoms with E-state index in [9.17, 15) is 0 Å². The number of nitrogens with zero attached hydrogens (tertiary/aromatic N) is 2. The van der Waals surface area contributed by atoms with E-state index in [2.05, 4.69) is 161 Å². The molecule has 8 aromatic carbocycles. The lowest BCUT2D eigenvalue weighted by atomic mass is 9.97. The maximum absolute atomic E-state index is 6.71. The lowest BCUT2D eigenvalue weighted by Gasteiger charge is -2.10. The average Bonchev–Trinajstić information content (AvgIpc) is 3.95. The number of furan rings is 2. The number of para-hydroxylation sites is 5.